The van der Waals surface area contributed by atoms with Crippen molar-refractivity contribution in [1.82, 2.24) is 0 Å². The summed E-state index contributed by atoms with van der Waals surface area (Å²) in [5.74, 6) is -0.414. The molecule has 1 heterocycles. The summed E-state index contributed by atoms with van der Waals surface area (Å²) in [5.41, 5.74) is 1.44. The van der Waals surface area contributed by atoms with Crippen LogP contribution in [0.3, 0.4) is 0 Å². The number of aromatic hydroxyl groups is 2. The molecule has 15 heavy (non-hydrogen) atoms. The van der Waals surface area contributed by atoms with E-state index in [1.807, 2.05) is 0 Å². The minimum absolute atomic E-state index is 0.0317. The average molecular weight is 212 g/mol. The van der Waals surface area contributed by atoms with Crippen molar-refractivity contribution in [3.05, 3.63) is 16.7 Å². The first kappa shape index (κ1) is 10.1. The van der Waals surface area contributed by atoms with Crippen molar-refractivity contribution in [2.45, 2.75) is 19.8 Å². The summed E-state index contributed by atoms with van der Waals surface area (Å²) in [6.45, 7) is 1.85. The van der Waals surface area contributed by atoms with Crippen LogP contribution in [0.25, 0.3) is 0 Å². The van der Waals surface area contributed by atoms with Crippen LogP contribution >= 0.6 is 0 Å². The molecule has 0 aliphatic carbocycles. The van der Waals surface area contributed by atoms with E-state index in [2.05, 4.69) is 0 Å². The maximum absolute atomic E-state index is 9.76. The maximum atomic E-state index is 9.76. The monoisotopic (exact) mass is 212 g/mol. The zero-order chi connectivity index (χ0) is 11.2. The fourth-order valence-electron chi connectivity index (χ4n) is 1.78. The van der Waals surface area contributed by atoms with Gasteiger partial charge >= 0.3 is 0 Å². The normalized spacial score (nSPS) is 19.0. The first-order valence-electron chi connectivity index (χ1n) is 4.48. The molecule has 0 spiro atoms. The Balaban J connectivity index is 2.75. The van der Waals surface area contributed by atoms with Gasteiger partial charge in [-0.3, -0.25) is 0 Å². The summed E-state index contributed by atoms with van der Waals surface area (Å²) in [7, 11) is 1.34. The molecule has 1 aromatic rings. The number of aliphatic hydroxyl groups excluding tert-OH is 1. The van der Waals surface area contributed by atoms with Crippen LogP contribution in [0.5, 0.6) is 17.2 Å². The number of phenols is 2. The summed E-state index contributed by atoms with van der Waals surface area (Å²) in [6, 6.07) is 0. The Morgan fingerprint density at radius 3 is 2.60 bits per heavy atom. The van der Waals surface area contributed by atoms with Gasteiger partial charge in [0.2, 0.25) is 5.75 Å². The highest BCUT2D eigenvalue weighted by atomic mass is 16.6. The van der Waals surface area contributed by atoms with E-state index in [1.54, 1.807) is 6.92 Å². The van der Waals surface area contributed by atoms with Gasteiger partial charge in [0.1, 0.15) is 0 Å². The SMILES string of the molecule is COc1c(O)c(C)c2c(c1O)[C@@H](O)OC2. The van der Waals surface area contributed by atoms with Crippen LogP contribution in [0.4, 0.5) is 0 Å². The van der Waals surface area contributed by atoms with Crippen LogP contribution in [0.15, 0.2) is 0 Å². The molecule has 0 bridgehead atoms. The van der Waals surface area contributed by atoms with Crippen LogP contribution in [-0.4, -0.2) is 22.4 Å². The molecule has 0 saturated carbocycles. The van der Waals surface area contributed by atoms with Crippen LogP contribution in [-0.2, 0) is 11.3 Å². The second-order valence-electron chi connectivity index (χ2n) is 3.41. The number of benzene rings is 1. The molecular formula is C10H12O5. The highest BCUT2D eigenvalue weighted by Crippen LogP contribution is 2.48. The Bertz CT molecular complexity index is 413. The predicted molar refractivity (Wildman–Crippen MR) is 50.8 cm³/mol. The van der Waals surface area contributed by atoms with Crippen molar-refractivity contribution in [3.63, 3.8) is 0 Å². The van der Waals surface area contributed by atoms with Crippen LogP contribution in [0, 0.1) is 6.92 Å². The summed E-state index contributed by atoms with van der Waals surface area (Å²) in [5, 5.41) is 28.9. The van der Waals surface area contributed by atoms with Gasteiger partial charge in [0, 0.05) is 5.56 Å². The van der Waals surface area contributed by atoms with Gasteiger partial charge in [-0.1, -0.05) is 0 Å². The maximum Gasteiger partial charge on any atom is 0.203 e. The molecule has 1 aliphatic rings. The molecule has 0 aromatic heterocycles. The molecule has 82 valence electrons. The predicted octanol–water partition coefficient (Wildman–Crippen LogP) is 0.936. The molecule has 0 amide bonds. The number of aliphatic hydroxyl groups is 1. The van der Waals surface area contributed by atoms with Crippen LogP contribution < -0.4 is 4.74 Å². The van der Waals surface area contributed by atoms with Gasteiger partial charge in [0.15, 0.2) is 17.8 Å². The van der Waals surface area contributed by atoms with Gasteiger partial charge in [-0.05, 0) is 12.5 Å². The van der Waals surface area contributed by atoms with Gasteiger partial charge in [-0.2, -0.15) is 0 Å². The molecule has 5 heteroatoms. The summed E-state index contributed by atoms with van der Waals surface area (Å²) >= 11 is 0. The molecule has 1 aromatic carbocycles. The summed E-state index contributed by atoms with van der Waals surface area (Å²) in [4.78, 5) is 0. The van der Waals surface area contributed by atoms with Crippen molar-refractivity contribution in [2.75, 3.05) is 7.11 Å². The van der Waals surface area contributed by atoms with Crippen molar-refractivity contribution in [3.8, 4) is 17.2 Å². The van der Waals surface area contributed by atoms with E-state index in [0.29, 0.717) is 11.1 Å². The Kier molecular flexibility index (Phi) is 2.21. The van der Waals surface area contributed by atoms with Crippen molar-refractivity contribution in [1.29, 1.82) is 0 Å². The van der Waals surface area contributed by atoms with E-state index in [9.17, 15) is 15.3 Å². The van der Waals surface area contributed by atoms with E-state index in [1.165, 1.54) is 7.11 Å². The Hall–Kier alpha value is -1.46. The molecule has 3 N–H and O–H groups in total. The minimum Gasteiger partial charge on any atom is -0.504 e. The quantitative estimate of drug-likeness (QED) is 0.645. The van der Waals surface area contributed by atoms with Crippen molar-refractivity contribution >= 4 is 0 Å². The summed E-state index contributed by atoms with van der Waals surface area (Å²) in [6.07, 6.45) is -1.16. The Labute approximate surface area is 86.5 Å². The fourth-order valence-corrected chi connectivity index (χ4v) is 1.78. The van der Waals surface area contributed by atoms with Crippen LogP contribution in [0.1, 0.15) is 23.0 Å². The number of ether oxygens (including phenoxy) is 2. The lowest BCUT2D eigenvalue weighted by molar-refractivity contribution is -0.0926. The third kappa shape index (κ3) is 1.24. The first-order chi connectivity index (χ1) is 7.07. The third-order valence-corrected chi connectivity index (χ3v) is 2.65. The van der Waals surface area contributed by atoms with Gasteiger partial charge in [0.05, 0.1) is 19.3 Å². The molecule has 0 fully saturated rings. The van der Waals surface area contributed by atoms with Crippen LogP contribution in [0.2, 0.25) is 0 Å². The number of rotatable bonds is 1. The largest absolute Gasteiger partial charge is 0.504 e. The van der Waals surface area contributed by atoms with Gasteiger partial charge in [0.25, 0.3) is 0 Å². The zero-order valence-corrected chi connectivity index (χ0v) is 8.44. The molecule has 1 atom stereocenters. The van der Waals surface area contributed by atoms with Crippen molar-refractivity contribution < 1.29 is 24.8 Å². The van der Waals surface area contributed by atoms with E-state index < -0.39 is 6.29 Å². The third-order valence-electron chi connectivity index (χ3n) is 2.65. The second-order valence-corrected chi connectivity index (χ2v) is 3.41. The lowest BCUT2D eigenvalue weighted by Gasteiger charge is -2.13. The molecule has 0 saturated heterocycles. The topological polar surface area (TPSA) is 79.2 Å². The number of hydrogen-bond donors (Lipinski definition) is 3. The molecule has 5 nitrogen and oxygen atoms in total. The Morgan fingerprint density at radius 2 is 2.00 bits per heavy atom. The van der Waals surface area contributed by atoms with E-state index in [0.717, 1.165) is 0 Å². The van der Waals surface area contributed by atoms with Gasteiger partial charge in [-0.25, -0.2) is 0 Å². The fraction of sp³-hybridized carbons (Fsp3) is 0.400. The van der Waals surface area contributed by atoms with E-state index in [-0.39, 0.29) is 29.4 Å². The molecule has 1 aliphatic heterocycles. The van der Waals surface area contributed by atoms with E-state index in [4.69, 9.17) is 9.47 Å². The highest BCUT2D eigenvalue weighted by molar-refractivity contribution is 5.63. The lowest BCUT2D eigenvalue weighted by Crippen LogP contribution is -1.97. The first-order valence-corrected chi connectivity index (χ1v) is 4.48. The standard InChI is InChI=1S/C10H12O5/c1-4-5-3-15-10(13)6(5)8(12)9(14-2)7(4)11/h10-13H,3H2,1-2H3/t10-/m0/s1. The van der Waals surface area contributed by atoms with Crippen molar-refractivity contribution in [2.24, 2.45) is 0 Å². The summed E-state index contributed by atoms with van der Waals surface area (Å²) < 4.78 is 9.83. The highest BCUT2D eigenvalue weighted by Gasteiger charge is 2.31. The second kappa shape index (κ2) is 3.29. The average Bonchev–Trinajstić information content (AvgIpc) is 2.58. The minimum atomic E-state index is -1.16. The molecule has 0 radical (unpaired) electrons. The smallest absolute Gasteiger partial charge is 0.203 e. The van der Waals surface area contributed by atoms with Gasteiger partial charge < -0.3 is 24.8 Å². The zero-order valence-electron chi connectivity index (χ0n) is 8.44. The Morgan fingerprint density at radius 1 is 1.33 bits per heavy atom. The van der Waals surface area contributed by atoms with E-state index >= 15 is 0 Å². The molecular weight excluding hydrogens is 200 g/mol. The number of fused-ring (bicyclic) bond motifs is 1. The molecule has 0 unspecified atom stereocenters. The number of hydrogen-bond acceptors (Lipinski definition) is 5. The number of methoxy groups -OCH3 is 1. The lowest BCUT2D eigenvalue weighted by atomic mass is 10.0. The van der Waals surface area contributed by atoms with Gasteiger partial charge in [-0.15, -0.1) is 0 Å². The molecule has 2 rings (SSSR count). The number of phenolic OH excluding ortho intramolecular Hbond substituents is 2.